The molecule has 4 nitrogen and oxygen atoms in total. The standard InChI is InChI=1S/C18H29N3O.ClH/c1-15(2)17(16-6-4-3-5-7-16)14-18(22)20-10-13-21-11-8-19-9-12-21;/h3-7,15,17,19H,8-14H2,1-2H3,(H,20,22);1H. The number of benzene rings is 1. The lowest BCUT2D eigenvalue weighted by atomic mass is 9.85. The highest BCUT2D eigenvalue weighted by Gasteiger charge is 2.19. The fourth-order valence-corrected chi connectivity index (χ4v) is 3.00. The van der Waals surface area contributed by atoms with E-state index in [1.807, 2.05) is 18.2 Å². The van der Waals surface area contributed by atoms with Gasteiger partial charge in [-0.1, -0.05) is 44.2 Å². The molecule has 1 unspecified atom stereocenters. The summed E-state index contributed by atoms with van der Waals surface area (Å²) in [6, 6.07) is 10.4. The van der Waals surface area contributed by atoms with Gasteiger partial charge in [-0.05, 0) is 17.4 Å². The first kappa shape index (κ1) is 19.9. The molecule has 2 N–H and O–H groups in total. The molecule has 1 aromatic rings. The highest BCUT2D eigenvalue weighted by atomic mass is 35.5. The van der Waals surface area contributed by atoms with Crippen molar-refractivity contribution in [1.82, 2.24) is 15.5 Å². The number of rotatable bonds is 7. The van der Waals surface area contributed by atoms with Crippen molar-refractivity contribution in [2.24, 2.45) is 5.92 Å². The third kappa shape index (κ3) is 6.90. The molecule has 1 fully saturated rings. The number of hydrogen-bond donors (Lipinski definition) is 2. The van der Waals surface area contributed by atoms with Crippen LogP contribution < -0.4 is 10.6 Å². The summed E-state index contributed by atoms with van der Waals surface area (Å²) >= 11 is 0. The molecule has 130 valence electrons. The van der Waals surface area contributed by atoms with Gasteiger partial charge >= 0.3 is 0 Å². The Labute approximate surface area is 146 Å². The molecule has 1 aliphatic rings. The van der Waals surface area contributed by atoms with Gasteiger partial charge in [0.25, 0.3) is 0 Å². The lowest BCUT2D eigenvalue weighted by Crippen LogP contribution is -2.46. The molecule has 1 atom stereocenters. The van der Waals surface area contributed by atoms with Crippen molar-refractivity contribution >= 4 is 18.3 Å². The van der Waals surface area contributed by atoms with Gasteiger partial charge in [0.1, 0.15) is 0 Å². The summed E-state index contributed by atoms with van der Waals surface area (Å²) in [4.78, 5) is 14.6. The average Bonchev–Trinajstić information content (AvgIpc) is 2.54. The Morgan fingerprint density at radius 2 is 1.87 bits per heavy atom. The zero-order valence-electron chi connectivity index (χ0n) is 14.3. The van der Waals surface area contributed by atoms with E-state index in [0.29, 0.717) is 18.3 Å². The van der Waals surface area contributed by atoms with E-state index in [1.165, 1.54) is 5.56 Å². The zero-order valence-corrected chi connectivity index (χ0v) is 15.1. The van der Waals surface area contributed by atoms with E-state index in [0.717, 1.165) is 39.3 Å². The summed E-state index contributed by atoms with van der Waals surface area (Å²) in [5, 5.41) is 6.43. The molecule has 1 amide bonds. The van der Waals surface area contributed by atoms with E-state index in [1.54, 1.807) is 0 Å². The fourth-order valence-electron chi connectivity index (χ4n) is 3.00. The number of piperazine rings is 1. The summed E-state index contributed by atoms with van der Waals surface area (Å²) in [6.07, 6.45) is 0.573. The fraction of sp³-hybridized carbons (Fsp3) is 0.611. The summed E-state index contributed by atoms with van der Waals surface area (Å²) in [5.74, 6) is 0.916. The Kier molecular flexibility index (Phi) is 9.22. The van der Waals surface area contributed by atoms with Gasteiger partial charge in [-0.15, -0.1) is 12.4 Å². The number of nitrogens with zero attached hydrogens (tertiary/aromatic N) is 1. The van der Waals surface area contributed by atoms with Crippen LogP contribution in [0, 0.1) is 5.92 Å². The van der Waals surface area contributed by atoms with Crippen LogP contribution in [0.1, 0.15) is 31.7 Å². The number of amides is 1. The van der Waals surface area contributed by atoms with Crippen molar-refractivity contribution in [1.29, 1.82) is 0 Å². The number of hydrogen-bond acceptors (Lipinski definition) is 3. The Morgan fingerprint density at radius 3 is 2.48 bits per heavy atom. The lowest BCUT2D eigenvalue weighted by Gasteiger charge is -2.27. The second-order valence-corrected chi connectivity index (χ2v) is 6.41. The van der Waals surface area contributed by atoms with Crippen molar-refractivity contribution in [2.75, 3.05) is 39.3 Å². The van der Waals surface area contributed by atoms with Gasteiger partial charge in [-0.25, -0.2) is 0 Å². The quantitative estimate of drug-likeness (QED) is 0.801. The maximum absolute atomic E-state index is 12.2. The van der Waals surface area contributed by atoms with Crippen LogP contribution in [0.25, 0.3) is 0 Å². The van der Waals surface area contributed by atoms with Gasteiger partial charge in [0.2, 0.25) is 5.91 Å². The predicted octanol–water partition coefficient (Wildman–Crippen LogP) is 2.26. The van der Waals surface area contributed by atoms with Crippen molar-refractivity contribution in [3.8, 4) is 0 Å². The molecule has 23 heavy (non-hydrogen) atoms. The topological polar surface area (TPSA) is 44.4 Å². The molecule has 0 aromatic heterocycles. The smallest absolute Gasteiger partial charge is 0.220 e. The SMILES string of the molecule is CC(C)C(CC(=O)NCCN1CCNCC1)c1ccccc1.Cl. The lowest BCUT2D eigenvalue weighted by molar-refractivity contribution is -0.121. The van der Waals surface area contributed by atoms with Crippen molar-refractivity contribution < 1.29 is 4.79 Å². The summed E-state index contributed by atoms with van der Waals surface area (Å²) in [7, 11) is 0. The van der Waals surface area contributed by atoms with Gasteiger partial charge < -0.3 is 10.6 Å². The van der Waals surface area contributed by atoms with E-state index in [2.05, 4.69) is 41.5 Å². The van der Waals surface area contributed by atoms with Crippen LogP contribution in [0.15, 0.2) is 30.3 Å². The predicted molar refractivity (Wildman–Crippen MR) is 98.2 cm³/mol. The number of carbonyl (C=O) groups excluding carboxylic acids is 1. The van der Waals surface area contributed by atoms with E-state index in [4.69, 9.17) is 0 Å². The highest BCUT2D eigenvalue weighted by molar-refractivity contribution is 5.85. The number of carbonyl (C=O) groups is 1. The molecule has 5 heteroatoms. The van der Waals surface area contributed by atoms with Crippen LogP contribution >= 0.6 is 12.4 Å². The van der Waals surface area contributed by atoms with E-state index >= 15 is 0 Å². The van der Waals surface area contributed by atoms with E-state index < -0.39 is 0 Å². The van der Waals surface area contributed by atoms with Crippen molar-refractivity contribution in [2.45, 2.75) is 26.2 Å². The molecule has 0 aliphatic carbocycles. The molecule has 1 saturated heterocycles. The van der Waals surface area contributed by atoms with Crippen molar-refractivity contribution in [3.63, 3.8) is 0 Å². The molecular weight excluding hydrogens is 310 g/mol. The molecule has 0 saturated carbocycles. The minimum Gasteiger partial charge on any atom is -0.355 e. The van der Waals surface area contributed by atoms with Crippen LogP contribution in [0.3, 0.4) is 0 Å². The minimum atomic E-state index is 0. The van der Waals surface area contributed by atoms with Gasteiger partial charge in [-0.3, -0.25) is 9.69 Å². The Morgan fingerprint density at radius 1 is 1.22 bits per heavy atom. The molecule has 2 rings (SSSR count). The summed E-state index contributed by atoms with van der Waals surface area (Å²) in [5.41, 5.74) is 1.26. The highest BCUT2D eigenvalue weighted by Crippen LogP contribution is 2.27. The second-order valence-electron chi connectivity index (χ2n) is 6.41. The van der Waals surface area contributed by atoms with Crippen LogP contribution in [0.2, 0.25) is 0 Å². The molecule has 1 heterocycles. The van der Waals surface area contributed by atoms with E-state index in [-0.39, 0.29) is 18.3 Å². The third-order valence-electron chi connectivity index (χ3n) is 4.40. The Bertz CT molecular complexity index is 447. The van der Waals surface area contributed by atoms with Gasteiger partial charge in [-0.2, -0.15) is 0 Å². The second kappa shape index (κ2) is 10.6. The molecule has 0 bridgehead atoms. The largest absolute Gasteiger partial charge is 0.355 e. The maximum atomic E-state index is 12.2. The number of nitrogens with one attached hydrogen (secondary N) is 2. The van der Waals surface area contributed by atoms with Crippen LogP contribution in [-0.2, 0) is 4.79 Å². The number of halogens is 1. The van der Waals surface area contributed by atoms with Gasteiger partial charge in [0.05, 0.1) is 0 Å². The Hall–Kier alpha value is -1.10. The summed E-state index contributed by atoms with van der Waals surface area (Å²) in [6.45, 7) is 10.3. The van der Waals surface area contributed by atoms with Gasteiger partial charge in [0, 0.05) is 45.7 Å². The molecule has 1 aliphatic heterocycles. The monoisotopic (exact) mass is 339 g/mol. The molecule has 0 spiro atoms. The molecule has 1 aromatic carbocycles. The van der Waals surface area contributed by atoms with Crippen molar-refractivity contribution in [3.05, 3.63) is 35.9 Å². The Balaban J connectivity index is 0.00000264. The first-order chi connectivity index (χ1) is 10.7. The van der Waals surface area contributed by atoms with Crippen LogP contribution in [0.5, 0.6) is 0 Å². The summed E-state index contributed by atoms with van der Waals surface area (Å²) < 4.78 is 0. The van der Waals surface area contributed by atoms with Gasteiger partial charge in [0.15, 0.2) is 0 Å². The third-order valence-corrected chi connectivity index (χ3v) is 4.40. The zero-order chi connectivity index (χ0) is 15.8. The maximum Gasteiger partial charge on any atom is 0.220 e. The molecular formula is C18H30ClN3O. The average molecular weight is 340 g/mol. The first-order valence-electron chi connectivity index (χ1n) is 8.41. The minimum absolute atomic E-state index is 0. The van der Waals surface area contributed by atoms with Crippen LogP contribution in [0.4, 0.5) is 0 Å². The normalized spacial score (nSPS) is 16.7. The van der Waals surface area contributed by atoms with Crippen LogP contribution in [-0.4, -0.2) is 50.1 Å². The first-order valence-corrected chi connectivity index (χ1v) is 8.41. The molecule has 0 radical (unpaired) electrons. The van der Waals surface area contributed by atoms with E-state index in [9.17, 15) is 4.79 Å².